The first kappa shape index (κ1) is 17.3. The Morgan fingerprint density at radius 1 is 1.48 bits per heavy atom. The number of nitrogens with one attached hydrogen (secondary N) is 1. The number of nitro benzene ring substituents is 1. The number of benzene rings is 1. The molecule has 2 N–H and O–H groups in total. The highest BCUT2D eigenvalue weighted by atomic mass is 32.2. The molecular formula is C12H18N2O6S. The molecule has 0 fully saturated rings. The van der Waals surface area contributed by atoms with E-state index in [-0.39, 0.29) is 5.75 Å². The van der Waals surface area contributed by atoms with Gasteiger partial charge < -0.3 is 9.84 Å². The molecule has 0 amide bonds. The Bertz CT molecular complexity index is 625. The Hall–Kier alpha value is -1.71. The van der Waals surface area contributed by atoms with Gasteiger partial charge in [0.15, 0.2) is 4.90 Å². The number of nitrogens with zero attached hydrogens (tertiary/aromatic N) is 1. The Kier molecular flexibility index (Phi) is 5.26. The first-order chi connectivity index (χ1) is 9.69. The zero-order valence-electron chi connectivity index (χ0n) is 12.0. The van der Waals surface area contributed by atoms with Crippen LogP contribution < -0.4 is 9.46 Å². The second-order valence-corrected chi connectivity index (χ2v) is 6.42. The maximum atomic E-state index is 12.3. The summed E-state index contributed by atoms with van der Waals surface area (Å²) in [7, 11) is -2.83. The van der Waals surface area contributed by atoms with E-state index in [1.807, 2.05) is 0 Å². The number of aliphatic hydroxyl groups excluding tert-OH is 1. The van der Waals surface area contributed by atoms with Gasteiger partial charge in [0.1, 0.15) is 5.75 Å². The van der Waals surface area contributed by atoms with Gasteiger partial charge >= 0.3 is 0 Å². The van der Waals surface area contributed by atoms with Crippen molar-refractivity contribution in [1.82, 2.24) is 4.72 Å². The van der Waals surface area contributed by atoms with Crippen molar-refractivity contribution in [2.24, 2.45) is 0 Å². The Balaban J connectivity index is 3.35. The molecule has 1 unspecified atom stereocenters. The van der Waals surface area contributed by atoms with Crippen LogP contribution in [0.1, 0.15) is 20.3 Å². The molecule has 1 aromatic rings. The molecule has 1 rings (SSSR count). The SMILES string of the molecule is CCC(C)(CO)NS(=O)(=O)c1ccc(OC)cc1[N+](=O)[O-]. The van der Waals surface area contributed by atoms with E-state index in [1.165, 1.54) is 20.1 Å². The quantitative estimate of drug-likeness (QED) is 0.573. The van der Waals surface area contributed by atoms with Crippen LogP contribution in [0.3, 0.4) is 0 Å². The minimum absolute atomic E-state index is 0.182. The van der Waals surface area contributed by atoms with Gasteiger partial charge in [-0.1, -0.05) is 6.92 Å². The molecular weight excluding hydrogens is 300 g/mol. The lowest BCUT2D eigenvalue weighted by molar-refractivity contribution is -0.387. The van der Waals surface area contributed by atoms with Crippen LogP contribution in [0.4, 0.5) is 5.69 Å². The van der Waals surface area contributed by atoms with Crippen LogP contribution in [0.5, 0.6) is 5.75 Å². The average molecular weight is 318 g/mol. The lowest BCUT2D eigenvalue weighted by Crippen LogP contribution is -2.48. The number of sulfonamides is 1. The molecule has 0 aromatic heterocycles. The number of ether oxygens (including phenoxy) is 1. The Labute approximate surface area is 122 Å². The van der Waals surface area contributed by atoms with Gasteiger partial charge in [-0.2, -0.15) is 0 Å². The van der Waals surface area contributed by atoms with Gasteiger partial charge in [0.2, 0.25) is 10.0 Å². The lowest BCUT2D eigenvalue weighted by Gasteiger charge is -2.26. The highest BCUT2D eigenvalue weighted by Crippen LogP contribution is 2.29. The molecule has 0 aliphatic heterocycles. The van der Waals surface area contributed by atoms with E-state index in [1.54, 1.807) is 6.92 Å². The van der Waals surface area contributed by atoms with E-state index in [9.17, 15) is 23.6 Å². The van der Waals surface area contributed by atoms with Crippen LogP contribution in [-0.4, -0.2) is 37.7 Å². The monoisotopic (exact) mass is 318 g/mol. The average Bonchev–Trinajstić information content (AvgIpc) is 2.45. The normalized spacial score (nSPS) is 14.5. The fourth-order valence-corrected chi connectivity index (χ4v) is 3.21. The van der Waals surface area contributed by atoms with Gasteiger partial charge in [-0.3, -0.25) is 10.1 Å². The van der Waals surface area contributed by atoms with E-state index in [0.717, 1.165) is 12.1 Å². The summed E-state index contributed by atoms with van der Waals surface area (Å²) in [6, 6.07) is 3.47. The number of rotatable bonds is 7. The van der Waals surface area contributed by atoms with Crippen LogP contribution in [0.15, 0.2) is 23.1 Å². The molecule has 1 atom stereocenters. The van der Waals surface area contributed by atoms with Crippen molar-refractivity contribution in [3.63, 3.8) is 0 Å². The highest BCUT2D eigenvalue weighted by Gasteiger charge is 2.33. The van der Waals surface area contributed by atoms with Gasteiger partial charge in [-0.05, 0) is 25.5 Å². The zero-order valence-corrected chi connectivity index (χ0v) is 12.8. The van der Waals surface area contributed by atoms with E-state index in [4.69, 9.17) is 4.74 Å². The van der Waals surface area contributed by atoms with Crippen LogP contribution in [0.2, 0.25) is 0 Å². The van der Waals surface area contributed by atoms with Crippen molar-refractivity contribution >= 4 is 15.7 Å². The predicted molar refractivity (Wildman–Crippen MR) is 75.8 cm³/mol. The molecule has 0 saturated heterocycles. The van der Waals surface area contributed by atoms with E-state index in [0.29, 0.717) is 6.42 Å². The summed E-state index contributed by atoms with van der Waals surface area (Å²) < 4.78 is 31.8. The zero-order chi connectivity index (χ0) is 16.3. The minimum Gasteiger partial charge on any atom is -0.497 e. The maximum Gasteiger partial charge on any atom is 0.293 e. The van der Waals surface area contributed by atoms with Gasteiger partial charge in [0.05, 0.1) is 30.2 Å². The van der Waals surface area contributed by atoms with Crippen LogP contribution >= 0.6 is 0 Å². The molecule has 8 nitrogen and oxygen atoms in total. The first-order valence-electron chi connectivity index (χ1n) is 6.16. The second-order valence-electron chi connectivity index (χ2n) is 4.77. The summed E-state index contributed by atoms with van der Waals surface area (Å²) in [5.41, 5.74) is -1.68. The van der Waals surface area contributed by atoms with Crippen molar-refractivity contribution in [2.45, 2.75) is 30.7 Å². The summed E-state index contributed by atoms with van der Waals surface area (Å²) in [6.45, 7) is 2.79. The summed E-state index contributed by atoms with van der Waals surface area (Å²) in [5, 5.41) is 20.3. The molecule has 1 aromatic carbocycles. The van der Waals surface area contributed by atoms with Gasteiger partial charge in [0, 0.05) is 0 Å². The number of hydrogen-bond acceptors (Lipinski definition) is 6. The molecule has 0 heterocycles. The molecule has 0 radical (unpaired) electrons. The second kappa shape index (κ2) is 6.37. The van der Waals surface area contributed by atoms with Crippen molar-refractivity contribution < 1.29 is 23.2 Å². The largest absolute Gasteiger partial charge is 0.497 e. The first-order valence-corrected chi connectivity index (χ1v) is 7.64. The number of hydrogen-bond donors (Lipinski definition) is 2. The predicted octanol–water partition coefficient (Wildman–Crippen LogP) is 1.04. The molecule has 0 spiro atoms. The number of methoxy groups -OCH3 is 1. The lowest BCUT2D eigenvalue weighted by atomic mass is 10.0. The van der Waals surface area contributed by atoms with Crippen molar-refractivity contribution in [2.75, 3.05) is 13.7 Å². The summed E-state index contributed by atoms with van der Waals surface area (Å²) in [6.07, 6.45) is 0.326. The minimum atomic E-state index is -4.15. The van der Waals surface area contributed by atoms with Crippen LogP contribution in [0.25, 0.3) is 0 Å². The molecule has 0 aliphatic carbocycles. The summed E-state index contributed by atoms with van der Waals surface area (Å²) >= 11 is 0. The van der Waals surface area contributed by atoms with E-state index < -0.39 is 37.7 Å². The number of nitro groups is 1. The fourth-order valence-electron chi connectivity index (χ4n) is 1.59. The van der Waals surface area contributed by atoms with Crippen molar-refractivity contribution in [3.8, 4) is 5.75 Å². The van der Waals surface area contributed by atoms with Crippen molar-refractivity contribution in [3.05, 3.63) is 28.3 Å². The molecule has 118 valence electrons. The van der Waals surface area contributed by atoms with Crippen LogP contribution in [0, 0.1) is 10.1 Å². The molecule has 0 aliphatic rings. The molecule has 9 heteroatoms. The Morgan fingerprint density at radius 2 is 2.10 bits per heavy atom. The molecule has 21 heavy (non-hydrogen) atoms. The van der Waals surface area contributed by atoms with Crippen molar-refractivity contribution in [1.29, 1.82) is 0 Å². The van der Waals surface area contributed by atoms with Gasteiger partial charge in [-0.25, -0.2) is 13.1 Å². The molecule has 0 saturated carbocycles. The fraction of sp³-hybridized carbons (Fsp3) is 0.500. The standard InChI is InChI=1S/C12H18N2O6S/c1-4-12(2,8-15)13-21(18,19)11-6-5-9(20-3)7-10(11)14(16)17/h5-7,13,15H,4,8H2,1-3H3. The topological polar surface area (TPSA) is 119 Å². The maximum absolute atomic E-state index is 12.3. The third kappa shape index (κ3) is 3.90. The van der Waals surface area contributed by atoms with E-state index in [2.05, 4.69) is 4.72 Å². The Morgan fingerprint density at radius 3 is 2.52 bits per heavy atom. The smallest absolute Gasteiger partial charge is 0.293 e. The van der Waals surface area contributed by atoms with Crippen LogP contribution in [-0.2, 0) is 10.0 Å². The van der Waals surface area contributed by atoms with Gasteiger partial charge in [0.25, 0.3) is 5.69 Å². The third-order valence-electron chi connectivity index (χ3n) is 3.16. The number of aliphatic hydroxyl groups is 1. The van der Waals surface area contributed by atoms with Gasteiger partial charge in [-0.15, -0.1) is 0 Å². The summed E-state index contributed by atoms with van der Waals surface area (Å²) in [5.74, 6) is 0.182. The van der Waals surface area contributed by atoms with E-state index >= 15 is 0 Å². The third-order valence-corrected chi connectivity index (χ3v) is 4.85. The molecule has 0 bridgehead atoms. The summed E-state index contributed by atoms with van der Waals surface area (Å²) in [4.78, 5) is 9.79. The highest BCUT2D eigenvalue weighted by molar-refractivity contribution is 7.89.